The van der Waals surface area contributed by atoms with Gasteiger partial charge in [0.2, 0.25) is 0 Å². The fourth-order valence-electron chi connectivity index (χ4n) is 2.59. The predicted molar refractivity (Wildman–Crippen MR) is 113 cm³/mol. The Morgan fingerprint density at radius 2 is 1.61 bits per heavy atom. The smallest absolute Gasteiger partial charge is 0.262 e. The first-order chi connectivity index (χ1) is 14.9. The van der Waals surface area contributed by atoms with E-state index in [9.17, 15) is 18.4 Å². The van der Waals surface area contributed by atoms with Crippen molar-refractivity contribution in [3.63, 3.8) is 0 Å². The number of rotatable bonds is 7. The van der Waals surface area contributed by atoms with Crippen LogP contribution >= 0.6 is 11.6 Å². The third-order valence-corrected chi connectivity index (χ3v) is 4.40. The fourth-order valence-corrected chi connectivity index (χ4v) is 2.80. The van der Waals surface area contributed by atoms with Gasteiger partial charge in [-0.3, -0.25) is 9.59 Å². The number of carbonyl (C=O) groups is 2. The zero-order valence-corrected chi connectivity index (χ0v) is 17.0. The van der Waals surface area contributed by atoms with Crippen LogP contribution in [0.4, 0.5) is 20.2 Å². The Labute approximate surface area is 181 Å². The molecule has 3 aromatic carbocycles. The number of carbonyl (C=O) groups excluding carboxylic acids is 2. The summed E-state index contributed by atoms with van der Waals surface area (Å²) in [4.78, 5) is 24.5. The second-order valence-electron chi connectivity index (χ2n) is 6.29. The maximum atomic E-state index is 13.1. The van der Waals surface area contributed by atoms with Crippen molar-refractivity contribution in [1.82, 2.24) is 0 Å². The van der Waals surface area contributed by atoms with Crippen LogP contribution in [-0.4, -0.2) is 25.5 Å². The van der Waals surface area contributed by atoms with Crippen LogP contribution in [0.2, 0.25) is 5.02 Å². The van der Waals surface area contributed by atoms with E-state index in [4.69, 9.17) is 21.1 Å². The van der Waals surface area contributed by atoms with Crippen molar-refractivity contribution < 1.29 is 27.8 Å². The van der Waals surface area contributed by atoms with E-state index in [2.05, 4.69) is 10.6 Å². The normalized spacial score (nSPS) is 10.3. The molecule has 0 aromatic heterocycles. The van der Waals surface area contributed by atoms with Gasteiger partial charge in [0.05, 0.1) is 17.8 Å². The van der Waals surface area contributed by atoms with Gasteiger partial charge in [-0.15, -0.1) is 0 Å². The number of hydrogen-bond donors (Lipinski definition) is 2. The summed E-state index contributed by atoms with van der Waals surface area (Å²) < 4.78 is 36.8. The molecule has 160 valence electrons. The minimum absolute atomic E-state index is 0.0624. The Kier molecular flexibility index (Phi) is 7.04. The summed E-state index contributed by atoms with van der Waals surface area (Å²) in [6.45, 7) is -0.329. The first-order valence-electron chi connectivity index (χ1n) is 8.98. The summed E-state index contributed by atoms with van der Waals surface area (Å²) in [5.41, 5.74) is 0.915. The first kappa shape index (κ1) is 22.0. The van der Waals surface area contributed by atoms with Gasteiger partial charge in [0.25, 0.3) is 11.8 Å². The molecule has 0 heterocycles. The van der Waals surface area contributed by atoms with Gasteiger partial charge in [-0.05, 0) is 60.7 Å². The quantitative estimate of drug-likeness (QED) is 0.541. The molecule has 2 N–H and O–H groups in total. The van der Waals surface area contributed by atoms with Gasteiger partial charge in [0.15, 0.2) is 18.1 Å². The van der Waals surface area contributed by atoms with Crippen LogP contribution in [-0.2, 0) is 4.79 Å². The zero-order chi connectivity index (χ0) is 22.4. The molecule has 3 aromatic rings. The van der Waals surface area contributed by atoms with Crippen molar-refractivity contribution in [2.45, 2.75) is 0 Å². The monoisotopic (exact) mass is 446 g/mol. The molecule has 0 bridgehead atoms. The number of methoxy groups -OCH3 is 1. The van der Waals surface area contributed by atoms with E-state index in [0.29, 0.717) is 5.69 Å². The molecule has 0 saturated carbocycles. The molecule has 0 fully saturated rings. The van der Waals surface area contributed by atoms with Crippen LogP contribution in [0.25, 0.3) is 0 Å². The lowest BCUT2D eigenvalue weighted by molar-refractivity contribution is -0.118. The number of hydrogen-bond acceptors (Lipinski definition) is 4. The number of anilines is 2. The van der Waals surface area contributed by atoms with Gasteiger partial charge >= 0.3 is 0 Å². The molecule has 0 spiro atoms. The number of amides is 2. The molecule has 0 aliphatic heterocycles. The van der Waals surface area contributed by atoms with E-state index in [0.717, 1.165) is 6.07 Å². The van der Waals surface area contributed by atoms with Crippen LogP contribution in [0.3, 0.4) is 0 Å². The van der Waals surface area contributed by atoms with E-state index in [1.165, 1.54) is 61.7 Å². The number of halogens is 3. The van der Waals surface area contributed by atoms with E-state index in [-0.39, 0.29) is 34.4 Å². The molecular formula is C22H17ClF2N2O4. The van der Waals surface area contributed by atoms with Crippen LogP contribution in [0.1, 0.15) is 10.4 Å². The molecular weight excluding hydrogens is 430 g/mol. The molecule has 9 heteroatoms. The maximum absolute atomic E-state index is 13.1. The summed E-state index contributed by atoms with van der Waals surface area (Å²) in [6, 6.07) is 13.3. The van der Waals surface area contributed by atoms with Gasteiger partial charge in [-0.1, -0.05) is 11.6 Å². The highest BCUT2D eigenvalue weighted by Crippen LogP contribution is 2.29. The lowest BCUT2D eigenvalue weighted by atomic mass is 10.2. The largest absolute Gasteiger partial charge is 0.493 e. The van der Waals surface area contributed by atoms with Gasteiger partial charge in [0, 0.05) is 11.3 Å². The van der Waals surface area contributed by atoms with Crippen LogP contribution in [0, 0.1) is 11.6 Å². The van der Waals surface area contributed by atoms with Crippen molar-refractivity contribution in [2.24, 2.45) is 0 Å². The lowest BCUT2D eigenvalue weighted by Gasteiger charge is -2.13. The molecule has 2 amide bonds. The maximum Gasteiger partial charge on any atom is 0.262 e. The average Bonchev–Trinajstić information content (AvgIpc) is 2.75. The highest BCUT2D eigenvalue weighted by molar-refractivity contribution is 6.33. The van der Waals surface area contributed by atoms with Crippen LogP contribution in [0.15, 0.2) is 60.7 Å². The molecule has 31 heavy (non-hydrogen) atoms. The summed E-state index contributed by atoms with van der Waals surface area (Å²) in [7, 11) is 1.39. The molecule has 0 radical (unpaired) electrons. The second kappa shape index (κ2) is 9.90. The van der Waals surface area contributed by atoms with Gasteiger partial charge in [0.1, 0.15) is 11.6 Å². The molecule has 0 unspecified atom stereocenters. The molecule has 0 aliphatic rings. The van der Waals surface area contributed by atoms with Gasteiger partial charge < -0.3 is 20.1 Å². The summed E-state index contributed by atoms with van der Waals surface area (Å²) in [5.74, 6) is -1.41. The van der Waals surface area contributed by atoms with Crippen molar-refractivity contribution in [1.29, 1.82) is 0 Å². The molecule has 0 saturated heterocycles. The van der Waals surface area contributed by atoms with Crippen LogP contribution in [0.5, 0.6) is 11.5 Å². The lowest BCUT2D eigenvalue weighted by Crippen LogP contribution is -2.20. The molecule has 0 atom stereocenters. The Morgan fingerprint density at radius 1 is 0.903 bits per heavy atom. The Morgan fingerprint density at radius 3 is 2.29 bits per heavy atom. The average molecular weight is 447 g/mol. The van der Waals surface area contributed by atoms with Crippen molar-refractivity contribution in [3.05, 3.63) is 82.9 Å². The van der Waals surface area contributed by atoms with Crippen molar-refractivity contribution >= 4 is 34.8 Å². The van der Waals surface area contributed by atoms with Crippen molar-refractivity contribution in [2.75, 3.05) is 24.4 Å². The zero-order valence-electron chi connectivity index (χ0n) is 16.2. The Hall–Kier alpha value is -3.65. The van der Waals surface area contributed by atoms with E-state index >= 15 is 0 Å². The highest BCUT2D eigenvalue weighted by Gasteiger charge is 2.14. The minimum Gasteiger partial charge on any atom is -0.493 e. The third kappa shape index (κ3) is 5.93. The predicted octanol–water partition coefficient (Wildman–Crippen LogP) is 4.90. The van der Waals surface area contributed by atoms with Crippen molar-refractivity contribution in [3.8, 4) is 11.5 Å². The second-order valence-corrected chi connectivity index (χ2v) is 6.69. The fraction of sp³-hybridized carbons (Fsp3) is 0.0909. The standard InChI is InChI=1S/C22H17ClF2N2O4/c1-30-20-10-13(22(29)27-18-8-5-15(25)11-17(18)23)2-9-19(20)31-12-21(28)26-16-6-3-14(24)4-7-16/h2-11H,12H2,1H3,(H,26,28)(H,27,29). The summed E-state index contributed by atoms with van der Waals surface area (Å²) >= 11 is 5.93. The summed E-state index contributed by atoms with van der Waals surface area (Å²) in [5, 5.41) is 5.21. The number of ether oxygens (including phenoxy) is 2. The minimum atomic E-state index is -0.519. The number of benzene rings is 3. The summed E-state index contributed by atoms with van der Waals surface area (Å²) in [6.07, 6.45) is 0. The van der Waals surface area contributed by atoms with E-state index in [1.54, 1.807) is 0 Å². The molecule has 3 rings (SSSR count). The van der Waals surface area contributed by atoms with E-state index in [1.807, 2.05) is 0 Å². The highest BCUT2D eigenvalue weighted by atomic mass is 35.5. The molecule has 0 aliphatic carbocycles. The van der Waals surface area contributed by atoms with E-state index < -0.39 is 23.4 Å². The number of nitrogens with one attached hydrogen (secondary N) is 2. The third-order valence-electron chi connectivity index (χ3n) is 4.09. The molecule has 6 nitrogen and oxygen atoms in total. The Balaban J connectivity index is 1.64. The van der Waals surface area contributed by atoms with Gasteiger partial charge in [-0.2, -0.15) is 0 Å². The van der Waals surface area contributed by atoms with Gasteiger partial charge in [-0.25, -0.2) is 8.78 Å². The topological polar surface area (TPSA) is 76.7 Å². The first-order valence-corrected chi connectivity index (χ1v) is 9.36. The SMILES string of the molecule is COc1cc(C(=O)Nc2ccc(F)cc2Cl)ccc1OCC(=O)Nc1ccc(F)cc1. The Bertz CT molecular complexity index is 1110. The van der Waals surface area contributed by atoms with Crippen LogP contribution < -0.4 is 20.1 Å².